The van der Waals surface area contributed by atoms with Crippen LogP contribution in [0.15, 0.2) is 0 Å². The number of hydrogen-bond acceptors (Lipinski definition) is 2. The van der Waals surface area contributed by atoms with Crippen LogP contribution in [-0.4, -0.2) is 16.4 Å². The summed E-state index contributed by atoms with van der Waals surface area (Å²) in [4.78, 5) is 10.4. The molecule has 0 aromatic heterocycles. The average Bonchev–Trinajstić information content (AvgIpc) is 1.84. The van der Waals surface area contributed by atoms with Gasteiger partial charge in [0, 0.05) is 6.04 Å². The molecule has 0 aliphatic rings. The highest BCUT2D eigenvalue weighted by Crippen LogP contribution is 2.04. The van der Waals surface area contributed by atoms with E-state index in [9.17, 15) is 4.79 Å². The minimum atomic E-state index is -0.493. The second kappa shape index (κ2) is 3.61. The lowest BCUT2D eigenvalue weighted by atomic mass is 10.3. The van der Waals surface area contributed by atoms with Gasteiger partial charge >= 0.3 is 6.03 Å². The van der Waals surface area contributed by atoms with Gasteiger partial charge in [-0.15, -0.1) is 0 Å². The molecular weight excluding hydrogens is 136 g/mol. The number of nitrogens with two attached hydrogens (primary N) is 1. The number of rotatable bonds is 2. The summed E-state index contributed by atoms with van der Waals surface area (Å²) in [6.45, 7) is 3.86. The van der Waals surface area contributed by atoms with E-state index in [0.29, 0.717) is 0 Å². The zero-order valence-corrected chi connectivity index (χ0v) is 6.56. The predicted molar refractivity (Wildman–Crippen MR) is 40.2 cm³/mol. The molecule has 1 atom stereocenters. The van der Waals surface area contributed by atoms with Gasteiger partial charge in [0.2, 0.25) is 0 Å². The Morgan fingerprint density at radius 2 is 2.33 bits per heavy atom. The van der Waals surface area contributed by atoms with Crippen LogP contribution in [0.5, 0.6) is 0 Å². The maximum absolute atomic E-state index is 10.4. The fourth-order valence-electron chi connectivity index (χ4n) is 0.390. The van der Waals surface area contributed by atoms with Gasteiger partial charge < -0.3 is 5.73 Å². The number of hydrogen-bond donors (Lipinski definition) is 2. The van der Waals surface area contributed by atoms with Crippen LogP contribution in [0.3, 0.4) is 0 Å². The van der Waals surface area contributed by atoms with Crippen LogP contribution in [-0.2, 0) is 0 Å². The van der Waals surface area contributed by atoms with Crippen LogP contribution in [0, 0.1) is 0 Å². The van der Waals surface area contributed by atoms with Crippen molar-refractivity contribution in [3.8, 4) is 0 Å². The first kappa shape index (κ1) is 8.62. The molecule has 0 aromatic carbocycles. The van der Waals surface area contributed by atoms with Gasteiger partial charge in [-0.1, -0.05) is 19.7 Å². The molecule has 0 bridgehead atoms. The second-order valence-corrected chi connectivity index (χ2v) is 2.37. The van der Waals surface area contributed by atoms with E-state index in [2.05, 4.69) is 12.8 Å². The monoisotopic (exact) mass is 148 g/mol. The van der Waals surface area contributed by atoms with E-state index >= 15 is 0 Å². The molecule has 3 nitrogen and oxygen atoms in total. The Morgan fingerprint density at radius 3 is 2.44 bits per heavy atom. The number of amides is 2. The molecule has 0 fully saturated rings. The van der Waals surface area contributed by atoms with Gasteiger partial charge in [-0.2, -0.15) is 0 Å². The summed E-state index contributed by atoms with van der Waals surface area (Å²) in [5, 5.41) is 0. The molecule has 0 saturated carbocycles. The molecule has 0 aliphatic heterocycles. The Balaban J connectivity index is 3.72. The van der Waals surface area contributed by atoms with E-state index in [1.54, 1.807) is 0 Å². The third-order valence-corrected chi connectivity index (χ3v) is 1.83. The zero-order valence-electron chi connectivity index (χ0n) is 5.66. The van der Waals surface area contributed by atoms with Gasteiger partial charge in [0.15, 0.2) is 0 Å². The Hall–Kier alpha value is -0.380. The molecule has 2 N–H and O–H groups in total. The predicted octanol–water partition coefficient (Wildman–Crippen LogP) is 1.01. The molecule has 1 unspecified atom stereocenters. The van der Waals surface area contributed by atoms with Crippen LogP contribution in [0.2, 0.25) is 0 Å². The molecule has 0 aromatic rings. The lowest BCUT2D eigenvalue weighted by molar-refractivity contribution is 0.227. The van der Waals surface area contributed by atoms with E-state index in [1.807, 2.05) is 13.8 Å². The van der Waals surface area contributed by atoms with Crippen LogP contribution in [0.4, 0.5) is 4.79 Å². The maximum atomic E-state index is 10.4. The largest absolute Gasteiger partial charge is 0.351 e. The lowest BCUT2D eigenvalue weighted by Crippen LogP contribution is -2.34. The molecule has 4 heteroatoms. The van der Waals surface area contributed by atoms with Crippen molar-refractivity contribution in [1.82, 2.24) is 4.31 Å². The van der Waals surface area contributed by atoms with Gasteiger partial charge in [0.1, 0.15) is 0 Å². The van der Waals surface area contributed by atoms with Crippen molar-refractivity contribution in [2.24, 2.45) is 5.73 Å². The SMILES string of the molecule is CCC(C)N(S)C(N)=O. The van der Waals surface area contributed by atoms with Crippen molar-refractivity contribution >= 4 is 18.8 Å². The Morgan fingerprint density at radius 1 is 1.89 bits per heavy atom. The van der Waals surface area contributed by atoms with E-state index < -0.39 is 6.03 Å². The normalized spacial score (nSPS) is 12.8. The minimum Gasteiger partial charge on any atom is -0.351 e. The maximum Gasteiger partial charge on any atom is 0.324 e. The molecule has 2 amide bonds. The molecule has 0 radical (unpaired) electrons. The van der Waals surface area contributed by atoms with Gasteiger partial charge in [0.25, 0.3) is 0 Å². The highest BCUT2D eigenvalue weighted by molar-refractivity contribution is 7.78. The quantitative estimate of drug-likeness (QED) is 0.564. The molecule has 0 saturated heterocycles. The minimum absolute atomic E-state index is 0.117. The second-order valence-electron chi connectivity index (χ2n) is 1.94. The first-order valence-corrected chi connectivity index (χ1v) is 3.27. The molecule has 0 rings (SSSR count). The number of carbonyl (C=O) groups is 1. The average molecular weight is 148 g/mol. The summed E-state index contributed by atoms with van der Waals surface area (Å²) >= 11 is 3.86. The molecule has 0 heterocycles. The van der Waals surface area contributed by atoms with E-state index in [1.165, 1.54) is 4.31 Å². The Bertz CT molecular complexity index is 107. The molecule has 0 aliphatic carbocycles. The van der Waals surface area contributed by atoms with Crippen molar-refractivity contribution in [3.63, 3.8) is 0 Å². The third-order valence-electron chi connectivity index (χ3n) is 1.23. The molecule has 9 heavy (non-hydrogen) atoms. The summed E-state index contributed by atoms with van der Waals surface area (Å²) < 4.78 is 1.22. The summed E-state index contributed by atoms with van der Waals surface area (Å²) in [5.41, 5.74) is 4.92. The standard InChI is InChI=1S/C5H12N2OS/c1-3-4(2)7(9)5(6)8/h4,9H,3H2,1-2H3,(H2,6,8). The first-order chi connectivity index (χ1) is 4.09. The lowest BCUT2D eigenvalue weighted by Gasteiger charge is -2.18. The summed E-state index contributed by atoms with van der Waals surface area (Å²) in [5.74, 6) is 0. The van der Waals surface area contributed by atoms with E-state index in [-0.39, 0.29) is 6.04 Å². The van der Waals surface area contributed by atoms with Crippen LogP contribution in [0.25, 0.3) is 0 Å². The number of urea groups is 1. The van der Waals surface area contributed by atoms with Gasteiger partial charge in [0.05, 0.1) is 0 Å². The Labute approximate surface area is 60.8 Å². The van der Waals surface area contributed by atoms with Crippen LogP contribution < -0.4 is 5.73 Å². The number of carbonyl (C=O) groups excluding carboxylic acids is 1. The molecule has 0 spiro atoms. The van der Waals surface area contributed by atoms with Gasteiger partial charge in [-0.3, -0.25) is 4.31 Å². The third kappa shape index (κ3) is 2.60. The molecular formula is C5H12N2OS. The zero-order chi connectivity index (χ0) is 7.44. The topological polar surface area (TPSA) is 46.3 Å². The fraction of sp³-hybridized carbons (Fsp3) is 0.800. The van der Waals surface area contributed by atoms with Gasteiger partial charge in [-0.25, -0.2) is 4.79 Å². The van der Waals surface area contributed by atoms with Crippen molar-refractivity contribution < 1.29 is 4.79 Å². The fourth-order valence-corrected chi connectivity index (χ4v) is 0.553. The molecule has 54 valence electrons. The summed E-state index contributed by atoms with van der Waals surface area (Å²) in [6.07, 6.45) is 0.868. The highest BCUT2D eigenvalue weighted by atomic mass is 32.1. The van der Waals surface area contributed by atoms with Crippen LogP contribution >= 0.6 is 12.8 Å². The van der Waals surface area contributed by atoms with Crippen molar-refractivity contribution in [2.75, 3.05) is 0 Å². The van der Waals surface area contributed by atoms with E-state index in [0.717, 1.165) is 6.42 Å². The summed E-state index contributed by atoms with van der Waals surface area (Å²) in [7, 11) is 0. The number of thiol groups is 1. The summed E-state index contributed by atoms with van der Waals surface area (Å²) in [6, 6.07) is -0.376. The van der Waals surface area contributed by atoms with Crippen molar-refractivity contribution in [1.29, 1.82) is 0 Å². The highest BCUT2D eigenvalue weighted by Gasteiger charge is 2.10. The number of primary amides is 1. The van der Waals surface area contributed by atoms with E-state index in [4.69, 9.17) is 5.73 Å². The first-order valence-electron chi connectivity index (χ1n) is 2.87. The van der Waals surface area contributed by atoms with Gasteiger partial charge in [-0.05, 0) is 13.3 Å². The smallest absolute Gasteiger partial charge is 0.324 e. The van der Waals surface area contributed by atoms with Crippen molar-refractivity contribution in [3.05, 3.63) is 0 Å². The Kier molecular flexibility index (Phi) is 3.46. The number of nitrogens with zero attached hydrogens (tertiary/aromatic N) is 1. The van der Waals surface area contributed by atoms with Crippen LogP contribution in [0.1, 0.15) is 20.3 Å². The van der Waals surface area contributed by atoms with Crippen molar-refractivity contribution in [2.45, 2.75) is 26.3 Å².